The van der Waals surface area contributed by atoms with Gasteiger partial charge in [-0.2, -0.15) is 5.10 Å². The summed E-state index contributed by atoms with van der Waals surface area (Å²) in [5, 5.41) is 4.18. The van der Waals surface area contributed by atoms with E-state index in [-0.39, 0.29) is 0 Å². The molecule has 0 aliphatic heterocycles. The van der Waals surface area contributed by atoms with Gasteiger partial charge < -0.3 is 4.74 Å². The monoisotopic (exact) mass is 288 g/mol. The molecule has 0 saturated carbocycles. The van der Waals surface area contributed by atoms with Gasteiger partial charge in [0.25, 0.3) is 0 Å². The van der Waals surface area contributed by atoms with Gasteiger partial charge >= 0.3 is 0 Å². The van der Waals surface area contributed by atoms with E-state index >= 15 is 0 Å². The summed E-state index contributed by atoms with van der Waals surface area (Å²) in [6.07, 6.45) is 7.99. The fourth-order valence-corrected chi connectivity index (χ4v) is 2.39. The first kappa shape index (κ1) is 15.5. The summed E-state index contributed by atoms with van der Waals surface area (Å²) in [6, 6.07) is 8.51. The van der Waals surface area contributed by atoms with Crippen molar-refractivity contribution in [2.24, 2.45) is 12.9 Å². The number of aryl methyl sites for hydroxylation is 3. The molecule has 0 spiro atoms. The quantitative estimate of drug-likeness (QED) is 0.574. The smallest absolute Gasteiger partial charge is 0.118 e. The fourth-order valence-electron chi connectivity index (χ4n) is 2.39. The van der Waals surface area contributed by atoms with Gasteiger partial charge in [-0.1, -0.05) is 12.1 Å². The molecule has 1 aromatic carbocycles. The van der Waals surface area contributed by atoms with Gasteiger partial charge in [0.15, 0.2) is 0 Å². The predicted molar refractivity (Wildman–Crippen MR) is 84.0 cm³/mol. The zero-order chi connectivity index (χ0) is 15.1. The topological polar surface area (TPSA) is 65.1 Å². The number of hydrogen-bond donors (Lipinski definition) is 2. The van der Waals surface area contributed by atoms with E-state index in [0.29, 0.717) is 6.04 Å². The molecule has 0 amide bonds. The Morgan fingerprint density at radius 1 is 1.19 bits per heavy atom. The molecule has 2 aromatic rings. The number of aromatic nitrogens is 2. The van der Waals surface area contributed by atoms with Gasteiger partial charge in [0, 0.05) is 19.3 Å². The molecule has 2 rings (SSSR count). The molecule has 3 N–H and O–H groups in total. The number of hydrazine groups is 1. The highest BCUT2D eigenvalue weighted by Crippen LogP contribution is 2.14. The van der Waals surface area contributed by atoms with E-state index in [1.165, 1.54) is 11.1 Å². The van der Waals surface area contributed by atoms with Crippen molar-refractivity contribution in [3.05, 3.63) is 47.8 Å². The zero-order valence-corrected chi connectivity index (χ0v) is 12.7. The minimum atomic E-state index is 0.312. The van der Waals surface area contributed by atoms with Gasteiger partial charge in [0.1, 0.15) is 5.75 Å². The first-order chi connectivity index (χ1) is 10.2. The van der Waals surface area contributed by atoms with Gasteiger partial charge in [-0.15, -0.1) is 0 Å². The summed E-state index contributed by atoms with van der Waals surface area (Å²) in [6.45, 7) is 0. The average Bonchev–Trinajstić information content (AvgIpc) is 2.93. The van der Waals surface area contributed by atoms with Crippen LogP contribution in [0.1, 0.15) is 24.0 Å². The van der Waals surface area contributed by atoms with Crippen molar-refractivity contribution in [1.29, 1.82) is 0 Å². The van der Waals surface area contributed by atoms with Crippen LogP contribution < -0.4 is 16.0 Å². The molecule has 5 nitrogen and oxygen atoms in total. The molecular weight excluding hydrogens is 264 g/mol. The third kappa shape index (κ3) is 4.88. The van der Waals surface area contributed by atoms with E-state index in [1.54, 1.807) is 7.11 Å². The van der Waals surface area contributed by atoms with Gasteiger partial charge in [-0.05, 0) is 48.9 Å². The summed E-state index contributed by atoms with van der Waals surface area (Å²) in [5.74, 6) is 6.55. The predicted octanol–water partition coefficient (Wildman–Crippen LogP) is 1.83. The number of ether oxygens (including phenoxy) is 1. The number of benzene rings is 1. The van der Waals surface area contributed by atoms with Crippen LogP contribution in [0.25, 0.3) is 0 Å². The van der Waals surface area contributed by atoms with Crippen molar-refractivity contribution in [3.8, 4) is 5.75 Å². The third-order valence-electron chi connectivity index (χ3n) is 3.72. The highest BCUT2D eigenvalue weighted by Gasteiger charge is 2.08. The Balaban J connectivity index is 1.78. The molecule has 1 aromatic heterocycles. The van der Waals surface area contributed by atoms with Crippen LogP contribution in [0.3, 0.4) is 0 Å². The van der Waals surface area contributed by atoms with Crippen LogP contribution in [0.2, 0.25) is 0 Å². The second kappa shape index (κ2) is 7.81. The van der Waals surface area contributed by atoms with Crippen LogP contribution in [0.4, 0.5) is 0 Å². The van der Waals surface area contributed by atoms with Crippen LogP contribution in [0.15, 0.2) is 36.7 Å². The SMILES string of the molecule is COc1ccc(CCC(CCc2cnn(C)c2)NN)cc1. The Hall–Kier alpha value is -1.85. The summed E-state index contributed by atoms with van der Waals surface area (Å²) in [4.78, 5) is 0. The summed E-state index contributed by atoms with van der Waals surface area (Å²) in [5.41, 5.74) is 5.48. The molecule has 21 heavy (non-hydrogen) atoms. The molecule has 1 atom stereocenters. The molecule has 0 aliphatic carbocycles. The number of nitrogens with two attached hydrogens (primary N) is 1. The Morgan fingerprint density at radius 2 is 1.86 bits per heavy atom. The molecule has 0 saturated heterocycles. The van der Waals surface area contributed by atoms with E-state index in [9.17, 15) is 0 Å². The maximum absolute atomic E-state index is 5.66. The summed E-state index contributed by atoms with van der Waals surface area (Å²) < 4.78 is 7.00. The maximum Gasteiger partial charge on any atom is 0.118 e. The van der Waals surface area contributed by atoms with Crippen molar-refractivity contribution >= 4 is 0 Å². The molecule has 5 heteroatoms. The maximum atomic E-state index is 5.66. The van der Waals surface area contributed by atoms with Gasteiger partial charge in [-0.25, -0.2) is 0 Å². The zero-order valence-electron chi connectivity index (χ0n) is 12.7. The van der Waals surface area contributed by atoms with Crippen molar-refractivity contribution in [3.63, 3.8) is 0 Å². The van der Waals surface area contributed by atoms with Crippen molar-refractivity contribution < 1.29 is 4.74 Å². The Labute approximate surface area is 126 Å². The lowest BCUT2D eigenvalue weighted by Gasteiger charge is -2.15. The van der Waals surface area contributed by atoms with Crippen molar-refractivity contribution in [1.82, 2.24) is 15.2 Å². The third-order valence-corrected chi connectivity index (χ3v) is 3.72. The molecule has 114 valence electrons. The Morgan fingerprint density at radius 3 is 2.38 bits per heavy atom. The van der Waals surface area contributed by atoms with E-state index in [2.05, 4.69) is 28.9 Å². The number of rotatable bonds is 8. The lowest BCUT2D eigenvalue weighted by molar-refractivity contribution is 0.414. The van der Waals surface area contributed by atoms with Crippen molar-refractivity contribution in [2.45, 2.75) is 31.7 Å². The standard InChI is InChI=1S/C16H24N4O/c1-20-12-14(11-18-20)4-8-15(19-17)7-3-13-5-9-16(21-2)10-6-13/h5-6,9-12,15,19H,3-4,7-8,17H2,1-2H3. The molecule has 0 fully saturated rings. The first-order valence-corrected chi connectivity index (χ1v) is 7.28. The van der Waals surface area contributed by atoms with Gasteiger partial charge in [0.2, 0.25) is 0 Å². The van der Waals surface area contributed by atoms with E-state index in [1.807, 2.05) is 30.1 Å². The number of nitrogens with one attached hydrogen (secondary N) is 1. The second-order valence-electron chi connectivity index (χ2n) is 5.31. The molecular formula is C16H24N4O. The van der Waals surface area contributed by atoms with Crippen LogP contribution in [-0.4, -0.2) is 22.9 Å². The summed E-state index contributed by atoms with van der Waals surface area (Å²) in [7, 11) is 3.62. The Kier molecular flexibility index (Phi) is 5.78. The molecule has 1 unspecified atom stereocenters. The van der Waals surface area contributed by atoms with Crippen LogP contribution in [-0.2, 0) is 19.9 Å². The molecule has 1 heterocycles. The van der Waals surface area contributed by atoms with Gasteiger partial charge in [0.05, 0.1) is 13.3 Å². The fraction of sp³-hybridized carbons (Fsp3) is 0.438. The molecule has 0 bridgehead atoms. The average molecular weight is 288 g/mol. The largest absolute Gasteiger partial charge is 0.497 e. The van der Waals surface area contributed by atoms with Crippen molar-refractivity contribution in [2.75, 3.05) is 7.11 Å². The van der Waals surface area contributed by atoms with E-state index < -0.39 is 0 Å². The highest BCUT2D eigenvalue weighted by molar-refractivity contribution is 5.27. The minimum absolute atomic E-state index is 0.312. The second-order valence-corrected chi connectivity index (χ2v) is 5.31. The van der Waals surface area contributed by atoms with Crippen LogP contribution in [0, 0.1) is 0 Å². The van der Waals surface area contributed by atoms with Crippen LogP contribution >= 0.6 is 0 Å². The van der Waals surface area contributed by atoms with Gasteiger partial charge in [-0.3, -0.25) is 16.0 Å². The molecule has 0 aliphatic rings. The highest BCUT2D eigenvalue weighted by atomic mass is 16.5. The minimum Gasteiger partial charge on any atom is -0.497 e. The lowest BCUT2D eigenvalue weighted by atomic mass is 10.0. The summed E-state index contributed by atoms with van der Waals surface area (Å²) >= 11 is 0. The van der Waals surface area contributed by atoms with E-state index in [0.717, 1.165) is 31.4 Å². The van der Waals surface area contributed by atoms with E-state index in [4.69, 9.17) is 10.6 Å². The number of nitrogens with zero attached hydrogens (tertiary/aromatic N) is 2. The van der Waals surface area contributed by atoms with Crippen LogP contribution in [0.5, 0.6) is 5.75 Å². The normalized spacial score (nSPS) is 12.3. The number of methoxy groups -OCH3 is 1. The number of hydrogen-bond acceptors (Lipinski definition) is 4. The Bertz CT molecular complexity index is 535. The molecule has 0 radical (unpaired) electrons. The lowest BCUT2D eigenvalue weighted by Crippen LogP contribution is -2.35. The first-order valence-electron chi connectivity index (χ1n) is 7.28.